The summed E-state index contributed by atoms with van der Waals surface area (Å²) in [4.78, 5) is 77.8. The van der Waals surface area contributed by atoms with Crippen LogP contribution in [0.5, 0.6) is 11.5 Å². The van der Waals surface area contributed by atoms with Crippen molar-refractivity contribution in [3.8, 4) is 22.6 Å². The number of benzene rings is 1. The molecule has 1 saturated heterocycles. The third kappa shape index (κ3) is 8.17. The van der Waals surface area contributed by atoms with Crippen LogP contribution in [0, 0.1) is 0 Å². The smallest absolute Gasteiger partial charge is 0.256 e. The molecule has 2 aliphatic heterocycles. The number of nitrogens with zero attached hydrogens (tertiary/aromatic N) is 3. The van der Waals surface area contributed by atoms with Crippen molar-refractivity contribution in [3.05, 3.63) is 79.6 Å². The number of aromatic nitrogens is 2. The number of aliphatic imine (C=N–C) groups is 1. The van der Waals surface area contributed by atoms with Crippen molar-refractivity contribution in [1.29, 1.82) is 0 Å². The molecule has 2 aliphatic rings. The van der Waals surface area contributed by atoms with Gasteiger partial charge in [-0.2, -0.15) is 0 Å². The van der Waals surface area contributed by atoms with Gasteiger partial charge in [-0.3, -0.25) is 39.1 Å². The molecule has 4 amide bonds. The van der Waals surface area contributed by atoms with Crippen LogP contribution in [-0.4, -0.2) is 79.5 Å². The highest BCUT2D eigenvalue weighted by atomic mass is 16.5. The van der Waals surface area contributed by atoms with E-state index in [0.717, 1.165) is 26.8 Å². The van der Waals surface area contributed by atoms with Gasteiger partial charge in [-0.1, -0.05) is 0 Å². The van der Waals surface area contributed by atoms with Crippen molar-refractivity contribution in [3.63, 3.8) is 0 Å². The fourth-order valence-electron chi connectivity index (χ4n) is 6.00. The van der Waals surface area contributed by atoms with E-state index in [2.05, 4.69) is 20.9 Å². The van der Waals surface area contributed by atoms with E-state index in [1.165, 1.54) is 18.3 Å². The Morgan fingerprint density at radius 3 is 2.42 bits per heavy atom. The highest BCUT2D eigenvalue weighted by Gasteiger charge is 2.29. The van der Waals surface area contributed by atoms with Gasteiger partial charge >= 0.3 is 0 Å². The number of piperidine rings is 1. The van der Waals surface area contributed by atoms with Crippen LogP contribution in [0.3, 0.4) is 0 Å². The first kappa shape index (κ1) is 35.7. The molecule has 4 heterocycles. The molecule has 3 aromatic rings. The highest BCUT2D eigenvalue weighted by molar-refractivity contribution is 5.99. The van der Waals surface area contributed by atoms with Gasteiger partial charge in [0, 0.05) is 79.9 Å². The van der Waals surface area contributed by atoms with Crippen LogP contribution >= 0.6 is 0 Å². The van der Waals surface area contributed by atoms with Gasteiger partial charge in [0.25, 0.3) is 17.0 Å². The summed E-state index contributed by atoms with van der Waals surface area (Å²) in [6, 6.07) is 5.53. The lowest BCUT2D eigenvalue weighted by atomic mass is 9.96. The summed E-state index contributed by atoms with van der Waals surface area (Å²) in [5, 5.41) is 7.73. The van der Waals surface area contributed by atoms with E-state index in [1.54, 1.807) is 38.2 Å². The number of carbonyl (C=O) groups is 4. The van der Waals surface area contributed by atoms with Crippen molar-refractivity contribution < 1.29 is 33.4 Å². The Bertz CT molecular complexity index is 1920. The predicted octanol–water partition coefficient (Wildman–Crippen LogP) is 1.03. The SMILES string of the molecule is COc1cc(-c2cn(C)c(=O)c3c2C=NC3)cc(OC)c1CCCC(=O)NCCOCCNC(=O)c1ccc(=O)n(C2CCC(=O)NC2=O)c1. The number of hydrogen-bond acceptors (Lipinski definition) is 10. The Morgan fingerprint density at radius 1 is 1.00 bits per heavy atom. The lowest BCUT2D eigenvalue weighted by Crippen LogP contribution is -2.44. The summed E-state index contributed by atoms with van der Waals surface area (Å²) in [5.41, 5.74) is 3.63. The quantitative estimate of drug-likeness (QED) is 0.155. The number of imide groups is 1. The molecule has 5 rings (SSSR count). The van der Waals surface area contributed by atoms with Gasteiger partial charge in [0.1, 0.15) is 17.5 Å². The standard InChI is InChI=1S/C35H40N6O9/c1-40-20-26(24-17-36-18-25(24)35(40)47)22-15-28(48-2)23(29(16-22)49-3)5-4-6-30(42)37-11-13-50-14-12-38-33(45)21-7-10-32(44)41(19-21)27-8-9-31(43)39-34(27)46/h7,10,15-17,19-20,27H,4-6,8-9,11-14,18H2,1-3H3,(H,37,42)(H,38,45)(H,39,43,46). The maximum absolute atomic E-state index is 12.6. The maximum atomic E-state index is 12.6. The molecule has 0 aliphatic carbocycles. The van der Waals surface area contributed by atoms with E-state index in [1.807, 2.05) is 12.1 Å². The molecule has 2 aromatic heterocycles. The zero-order valence-corrected chi connectivity index (χ0v) is 28.2. The Balaban J connectivity index is 1.04. The second-order valence-corrected chi connectivity index (χ2v) is 11.9. The van der Waals surface area contributed by atoms with Gasteiger partial charge in [0.2, 0.25) is 17.7 Å². The van der Waals surface area contributed by atoms with Crippen LogP contribution in [0.15, 0.2) is 51.2 Å². The average Bonchev–Trinajstić information content (AvgIpc) is 3.60. The first-order valence-corrected chi connectivity index (χ1v) is 16.3. The zero-order valence-electron chi connectivity index (χ0n) is 28.2. The zero-order chi connectivity index (χ0) is 35.8. The van der Waals surface area contributed by atoms with Crippen molar-refractivity contribution >= 4 is 29.8 Å². The molecule has 1 unspecified atom stereocenters. The topological polar surface area (TPSA) is 188 Å². The third-order valence-electron chi connectivity index (χ3n) is 8.58. The number of methoxy groups -OCH3 is 2. The van der Waals surface area contributed by atoms with E-state index >= 15 is 0 Å². The molecule has 0 radical (unpaired) electrons. The molecule has 264 valence electrons. The molecule has 15 nitrogen and oxygen atoms in total. The molecule has 1 atom stereocenters. The van der Waals surface area contributed by atoms with Gasteiger partial charge in [0.15, 0.2) is 0 Å². The van der Waals surface area contributed by atoms with Crippen LogP contribution in [0.2, 0.25) is 0 Å². The minimum absolute atomic E-state index is 0.0700. The number of aryl methyl sites for hydroxylation is 1. The molecule has 0 saturated carbocycles. The molecule has 15 heteroatoms. The number of hydrogen-bond donors (Lipinski definition) is 3. The van der Waals surface area contributed by atoms with Crippen LogP contribution in [0.1, 0.15) is 58.8 Å². The monoisotopic (exact) mass is 688 g/mol. The Kier molecular flexibility index (Phi) is 11.6. The summed E-state index contributed by atoms with van der Waals surface area (Å²) in [5.74, 6) is -0.320. The molecule has 50 heavy (non-hydrogen) atoms. The van der Waals surface area contributed by atoms with E-state index in [0.29, 0.717) is 36.4 Å². The van der Waals surface area contributed by atoms with Gasteiger partial charge < -0.3 is 34.0 Å². The first-order valence-electron chi connectivity index (χ1n) is 16.3. The van der Waals surface area contributed by atoms with E-state index < -0.39 is 29.3 Å². The summed E-state index contributed by atoms with van der Waals surface area (Å²) in [7, 11) is 4.88. The van der Waals surface area contributed by atoms with Crippen molar-refractivity contribution in [2.75, 3.05) is 40.5 Å². The molecular formula is C35H40N6O9. The summed E-state index contributed by atoms with van der Waals surface area (Å²) in [6.45, 7) is 1.26. The number of pyridine rings is 2. The summed E-state index contributed by atoms with van der Waals surface area (Å²) in [6.07, 6.45) is 6.46. The summed E-state index contributed by atoms with van der Waals surface area (Å²) >= 11 is 0. The lowest BCUT2D eigenvalue weighted by Gasteiger charge is -2.23. The Morgan fingerprint density at radius 2 is 1.72 bits per heavy atom. The number of rotatable bonds is 15. The minimum atomic E-state index is -0.861. The molecule has 3 N–H and O–H groups in total. The largest absolute Gasteiger partial charge is 0.496 e. The number of carbonyl (C=O) groups excluding carboxylic acids is 4. The first-order chi connectivity index (χ1) is 24.1. The van der Waals surface area contributed by atoms with Crippen molar-refractivity contribution in [1.82, 2.24) is 25.1 Å². The Hall–Kier alpha value is -5.57. The second-order valence-electron chi connectivity index (χ2n) is 11.9. The maximum Gasteiger partial charge on any atom is 0.256 e. The molecule has 0 bridgehead atoms. The van der Waals surface area contributed by atoms with Crippen LogP contribution in [0.4, 0.5) is 0 Å². The minimum Gasteiger partial charge on any atom is -0.496 e. The predicted molar refractivity (Wildman–Crippen MR) is 183 cm³/mol. The summed E-state index contributed by atoms with van der Waals surface area (Å²) < 4.78 is 19.7. The number of nitrogens with one attached hydrogen (secondary N) is 3. The average molecular weight is 689 g/mol. The fraction of sp³-hybridized carbons (Fsp3) is 0.400. The van der Waals surface area contributed by atoms with Gasteiger partial charge in [-0.05, 0) is 43.0 Å². The second kappa shape index (κ2) is 16.2. The van der Waals surface area contributed by atoms with E-state index in [4.69, 9.17) is 14.2 Å². The highest BCUT2D eigenvalue weighted by Crippen LogP contribution is 2.37. The van der Waals surface area contributed by atoms with E-state index in [-0.39, 0.29) is 62.6 Å². The van der Waals surface area contributed by atoms with Crippen molar-refractivity contribution in [2.24, 2.45) is 12.0 Å². The molecule has 0 spiro atoms. The van der Waals surface area contributed by atoms with E-state index in [9.17, 15) is 28.8 Å². The number of amides is 4. The number of ether oxygens (including phenoxy) is 3. The molecule has 1 fully saturated rings. The Labute approximate surface area is 287 Å². The van der Waals surface area contributed by atoms with Crippen LogP contribution in [0.25, 0.3) is 11.1 Å². The normalized spacial score (nSPS) is 15.0. The number of fused-ring (bicyclic) bond motifs is 1. The third-order valence-corrected chi connectivity index (χ3v) is 8.58. The van der Waals surface area contributed by atoms with Gasteiger partial charge in [-0.15, -0.1) is 0 Å². The molecular weight excluding hydrogens is 648 g/mol. The fourth-order valence-corrected chi connectivity index (χ4v) is 6.00. The van der Waals surface area contributed by atoms with Gasteiger partial charge in [0.05, 0.1) is 39.5 Å². The van der Waals surface area contributed by atoms with Crippen molar-refractivity contribution in [2.45, 2.75) is 44.7 Å². The lowest BCUT2D eigenvalue weighted by molar-refractivity contribution is -0.135. The van der Waals surface area contributed by atoms with Crippen LogP contribution < -0.4 is 36.5 Å². The van der Waals surface area contributed by atoms with Gasteiger partial charge in [-0.25, -0.2) is 0 Å². The van der Waals surface area contributed by atoms with Crippen LogP contribution in [-0.2, 0) is 39.1 Å². The molecule has 1 aromatic carbocycles.